The Morgan fingerprint density at radius 1 is 1.29 bits per heavy atom. The van der Waals surface area contributed by atoms with Crippen molar-refractivity contribution in [3.63, 3.8) is 0 Å². The maximum Gasteiger partial charge on any atom is 0.303 e. The van der Waals surface area contributed by atoms with Gasteiger partial charge in [0.15, 0.2) is 6.10 Å². The average molecular weight is 293 g/mol. The number of nitrogens with zero attached hydrogens (tertiary/aromatic N) is 1. The summed E-state index contributed by atoms with van der Waals surface area (Å²) in [5.74, 6) is 0.432. The fourth-order valence-corrected chi connectivity index (χ4v) is 2.29. The molecule has 1 aliphatic heterocycles. The van der Waals surface area contributed by atoms with Gasteiger partial charge < -0.3 is 19.5 Å². The summed E-state index contributed by atoms with van der Waals surface area (Å²) in [5, 5.41) is 8.68. The Morgan fingerprint density at radius 2 is 1.86 bits per heavy atom. The summed E-state index contributed by atoms with van der Waals surface area (Å²) in [6.07, 6.45) is -0.485. The molecule has 1 fully saturated rings. The number of methoxy groups -OCH3 is 1. The lowest BCUT2D eigenvalue weighted by Gasteiger charge is -2.39. The third-order valence-corrected chi connectivity index (χ3v) is 3.45. The summed E-state index contributed by atoms with van der Waals surface area (Å²) in [5.41, 5.74) is 0. The Kier molecular flexibility index (Phi) is 4.67. The second-order valence-electron chi connectivity index (χ2n) is 5.14. The topological polar surface area (TPSA) is 76.1 Å². The molecule has 0 bridgehead atoms. The molecule has 1 unspecified atom stereocenters. The first kappa shape index (κ1) is 15.2. The van der Waals surface area contributed by atoms with E-state index >= 15 is 0 Å². The predicted molar refractivity (Wildman–Crippen MR) is 75.4 cm³/mol. The molecule has 0 aliphatic carbocycles. The van der Waals surface area contributed by atoms with Crippen molar-refractivity contribution in [1.82, 2.24) is 4.90 Å². The highest BCUT2D eigenvalue weighted by molar-refractivity contribution is 5.82. The van der Waals surface area contributed by atoms with Gasteiger partial charge in [-0.2, -0.15) is 0 Å². The summed E-state index contributed by atoms with van der Waals surface area (Å²) in [4.78, 5) is 24.3. The lowest BCUT2D eigenvalue weighted by Crippen LogP contribution is -2.54. The zero-order valence-electron chi connectivity index (χ0n) is 12.1. The molecule has 1 heterocycles. The van der Waals surface area contributed by atoms with Gasteiger partial charge in [-0.05, 0) is 31.2 Å². The summed E-state index contributed by atoms with van der Waals surface area (Å²) in [6.45, 7) is 2.67. The van der Waals surface area contributed by atoms with Crippen LogP contribution in [-0.2, 0) is 9.59 Å². The molecule has 0 saturated carbocycles. The molecule has 1 aromatic carbocycles. The Hall–Kier alpha value is -2.24. The van der Waals surface area contributed by atoms with E-state index in [1.807, 2.05) is 0 Å². The highest BCUT2D eigenvalue weighted by atomic mass is 16.5. The third kappa shape index (κ3) is 3.87. The van der Waals surface area contributed by atoms with Crippen molar-refractivity contribution in [3.05, 3.63) is 24.3 Å². The Morgan fingerprint density at radius 3 is 2.38 bits per heavy atom. The molecule has 1 atom stereocenters. The van der Waals surface area contributed by atoms with Crippen LogP contribution < -0.4 is 9.47 Å². The van der Waals surface area contributed by atoms with Crippen LogP contribution in [-0.4, -0.2) is 48.2 Å². The summed E-state index contributed by atoms with van der Waals surface area (Å²) >= 11 is 0. The molecule has 0 radical (unpaired) electrons. The fourth-order valence-electron chi connectivity index (χ4n) is 2.29. The van der Waals surface area contributed by atoms with Gasteiger partial charge in [0, 0.05) is 19.0 Å². The molecule has 114 valence electrons. The van der Waals surface area contributed by atoms with E-state index in [2.05, 4.69) is 0 Å². The van der Waals surface area contributed by atoms with E-state index in [0.29, 0.717) is 18.8 Å². The number of amides is 1. The lowest BCUT2D eigenvalue weighted by atomic mass is 9.96. The van der Waals surface area contributed by atoms with E-state index in [1.54, 1.807) is 43.2 Å². The molecule has 1 aliphatic rings. The van der Waals surface area contributed by atoms with Crippen molar-refractivity contribution in [2.75, 3.05) is 20.2 Å². The quantitative estimate of drug-likeness (QED) is 0.858. The molecule has 1 saturated heterocycles. The van der Waals surface area contributed by atoms with Crippen molar-refractivity contribution < 1.29 is 24.2 Å². The third-order valence-electron chi connectivity index (χ3n) is 3.45. The van der Waals surface area contributed by atoms with E-state index in [4.69, 9.17) is 14.6 Å². The Bertz CT molecular complexity index is 507. The normalized spacial score (nSPS) is 16.0. The molecule has 1 N–H and O–H groups in total. The molecular formula is C15H19NO5. The van der Waals surface area contributed by atoms with Gasteiger partial charge in [0.1, 0.15) is 11.5 Å². The number of benzene rings is 1. The minimum atomic E-state index is -0.824. The van der Waals surface area contributed by atoms with Crippen LogP contribution in [0.1, 0.15) is 13.3 Å². The number of aliphatic carboxylic acids is 1. The van der Waals surface area contributed by atoms with Crippen molar-refractivity contribution in [2.45, 2.75) is 19.4 Å². The second kappa shape index (κ2) is 6.47. The van der Waals surface area contributed by atoms with Crippen LogP contribution in [0.15, 0.2) is 24.3 Å². The van der Waals surface area contributed by atoms with Crippen LogP contribution >= 0.6 is 0 Å². The standard InChI is InChI=1S/C15H19NO5/c1-10(21-13-5-3-12(20-2)4-6-13)15(19)16-8-11(9-16)7-14(17)18/h3-6,10-11H,7-9H2,1-2H3,(H,17,18). The number of carboxylic acid groups (broad SMARTS) is 1. The molecule has 0 spiro atoms. The van der Waals surface area contributed by atoms with Gasteiger partial charge >= 0.3 is 5.97 Å². The van der Waals surface area contributed by atoms with Gasteiger partial charge in [-0.15, -0.1) is 0 Å². The van der Waals surface area contributed by atoms with E-state index in [-0.39, 0.29) is 18.2 Å². The minimum Gasteiger partial charge on any atom is -0.497 e. The molecule has 2 rings (SSSR count). The van der Waals surface area contributed by atoms with Crippen molar-refractivity contribution in [2.24, 2.45) is 5.92 Å². The van der Waals surface area contributed by atoms with Crippen LogP contribution in [0.4, 0.5) is 0 Å². The Labute approximate surface area is 123 Å². The first-order chi connectivity index (χ1) is 9.99. The number of rotatable bonds is 6. The van der Waals surface area contributed by atoms with E-state index in [1.165, 1.54) is 0 Å². The maximum atomic E-state index is 12.1. The number of carbonyl (C=O) groups is 2. The van der Waals surface area contributed by atoms with Gasteiger partial charge in [0.2, 0.25) is 0 Å². The van der Waals surface area contributed by atoms with Crippen molar-refractivity contribution in [3.8, 4) is 11.5 Å². The van der Waals surface area contributed by atoms with Crippen LogP contribution in [0.25, 0.3) is 0 Å². The molecular weight excluding hydrogens is 274 g/mol. The van der Waals surface area contributed by atoms with Crippen LogP contribution in [0.5, 0.6) is 11.5 Å². The average Bonchev–Trinajstić information content (AvgIpc) is 2.42. The largest absolute Gasteiger partial charge is 0.497 e. The van der Waals surface area contributed by atoms with E-state index < -0.39 is 12.1 Å². The van der Waals surface area contributed by atoms with Crippen LogP contribution in [0.3, 0.4) is 0 Å². The van der Waals surface area contributed by atoms with Gasteiger partial charge in [0.25, 0.3) is 5.91 Å². The summed E-state index contributed by atoms with van der Waals surface area (Å²) in [6, 6.07) is 7.01. The molecule has 6 nitrogen and oxygen atoms in total. The molecule has 6 heteroatoms. The highest BCUT2D eigenvalue weighted by Crippen LogP contribution is 2.22. The minimum absolute atomic E-state index is 0.0552. The number of ether oxygens (including phenoxy) is 2. The number of carbonyl (C=O) groups excluding carboxylic acids is 1. The fraction of sp³-hybridized carbons (Fsp3) is 0.467. The van der Waals surface area contributed by atoms with Crippen molar-refractivity contribution >= 4 is 11.9 Å². The van der Waals surface area contributed by atoms with Gasteiger partial charge in [-0.3, -0.25) is 9.59 Å². The molecule has 0 aromatic heterocycles. The molecule has 21 heavy (non-hydrogen) atoms. The molecule has 1 amide bonds. The predicted octanol–water partition coefficient (Wildman–Crippen LogP) is 1.40. The molecule has 1 aromatic rings. The highest BCUT2D eigenvalue weighted by Gasteiger charge is 2.34. The van der Waals surface area contributed by atoms with Gasteiger partial charge in [-0.25, -0.2) is 0 Å². The maximum absolute atomic E-state index is 12.1. The van der Waals surface area contributed by atoms with Crippen LogP contribution in [0, 0.1) is 5.92 Å². The van der Waals surface area contributed by atoms with Gasteiger partial charge in [0.05, 0.1) is 13.5 Å². The number of hydrogen-bond donors (Lipinski definition) is 1. The van der Waals surface area contributed by atoms with Gasteiger partial charge in [-0.1, -0.05) is 0 Å². The Balaban J connectivity index is 1.81. The number of likely N-dealkylation sites (tertiary alicyclic amines) is 1. The first-order valence-electron chi connectivity index (χ1n) is 6.81. The second-order valence-corrected chi connectivity index (χ2v) is 5.14. The van der Waals surface area contributed by atoms with Crippen LogP contribution in [0.2, 0.25) is 0 Å². The monoisotopic (exact) mass is 293 g/mol. The zero-order chi connectivity index (χ0) is 15.4. The van der Waals surface area contributed by atoms with E-state index in [9.17, 15) is 9.59 Å². The summed E-state index contributed by atoms with van der Waals surface area (Å²) in [7, 11) is 1.58. The zero-order valence-corrected chi connectivity index (χ0v) is 12.1. The SMILES string of the molecule is COc1ccc(OC(C)C(=O)N2CC(CC(=O)O)C2)cc1. The smallest absolute Gasteiger partial charge is 0.303 e. The number of carboxylic acids is 1. The van der Waals surface area contributed by atoms with E-state index in [0.717, 1.165) is 5.75 Å². The summed E-state index contributed by atoms with van der Waals surface area (Å²) < 4.78 is 10.6. The number of hydrogen-bond acceptors (Lipinski definition) is 4. The first-order valence-corrected chi connectivity index (χ1v) is 6.81. The lowest BCUT2D eigenvalue weighted by molar-refractivity contribution is -0.149. The van der Waals surface area contributed by atoms with Crippen molar-refractivity contribution in [1.29, 1.82) is 0 Å².